The second kappa shape index (κ2) is 7.07. The number of rotatable bonds is 6. The van der Waals surface area contributed by atoms with Crippen LogP contribution in [0, 0.1) is 10.1 Å². The molecule has 0 heterocycles. The SMILES string of the molecule is O=C(CCCCO)Nc1ccc(Br)c([N+](=O)[O-])c1. The summed E-state index contributed by atoms with van der Waals surface area (Å²) in [5, 5.41) is 21.9. The maximum atomic E-state index is 11.5. The Morgan fingerprint density at radius 3 is 2.78 bits per heavy atom. The van der Waals surface area contributed by atoms with Crippen molar-refractivity contribution in [1.82, 2.24) is 0 Å². The predicted octanol–water partition coefficient (Wildman–Crippen LogP) is 2.46. The van der Waals surface area contributed by atoms with Crippen LogP contribution >= 0.6 is 15.9 Å². The van der Waals surface area contributed by atoms with E-state index in [1.807, 2.05) is 0 Å². The third kappa shape index (κ3) is 4.42. The lowest BCUT2D eigenvalue weighted by atomic mass is 10.2. The molecule has 0 saturated carbocycles. The van der Waals surface area contributed by atoms with Crippen molar-refractivity contribution in [2.24, 2.45) is 0 Å². The van der Waals surface area contributed by atoms with E-state index in [9.17, 15) is 14.9 Å². The van der Waals surface area contributed by atoms with Gasteiger partial charge in [-0.2, -0.15) is 0 Å². The molecule has 0 fully saturated rings. The average molecular weight is 317 g/mol. The molecule has 0 spiro atoms. The molecule has 0 bridgehead atoms. The summed E-state index contributed by atoms with van der Waals surface area (Å²) in [6.07, 6.45) is 1.43. The van der Waals surface area contributed by atoms with Crippen LogP contribution in [0.5, 0.6) is 0 Å². The summed E-state index contributed by atoms with van der Waals surface area (Å²) < 4.78 is 0.366. The highest BCUT2D eigenvalue weighted by Crippen LogP contribution is 2.27. The number of amides is 1. The van der Waals surface area contributed by atoms with Crippen molar-refractivity contribution < 1.29 is 14.8 Å². The minimum absolute atomic E-state index is 0.0526. The van der Waals surface area contributed by atoms with Gasteiger partial charge in [-0.15, -0.1) is 0 Å². The van der Waals surface area contributed by atoms with Crippen molar-refractivity contribution in [3.63, 3.8) is 0 Å². The molecule has 1 amide bonds. The molecule has 7 heteroatoms. The Morgan fingerprint density at radius 2 is 2.17 bits per heavy atom. The van der Waals surface area contributed by atoms with E-state index in [2.05, 4.69) is 21.2 Å². The van der Waals surface area contributed by atoms with Crippen molar-refractivity contribution in [2.75, 3.05) is 11.9 Å². The zero-order valence-corrected chi connectivity index (χ0v) is 11.1. The molecule has 0 unspecified atom stereocenters. The van der Waals surface area contributed by atoms with Gasteiger partial charge in [0.2, 0.25) is 5.91 Å². The molecule has 0 radical (unpaired) electrons. The number of aliphatic hydroxyl groups is 1. The first kappa shape index (κ1) is 14.6. The van der Waals surface area contributed by atoms with Crippen molar-refractivity contribution >= 4 is 33.2 Å². The maximum absolute atomic E-state index is 11.5. The number of nitrogens with one attached hydrogen (secondary N) is 1. The van der Waals surface area contributed by atoms with Gasteiger partial charge in [0.25, 0.3) is 5.69 Å². The van der Waals surface area contributed by atoms with Crippen LogP contribution in [-0.2, 0) is 4.79 Å². The number of unbranched alkanes of at least 4 members (excludes halogenated alkanes) is 1. The van der Waals surface area contributed by atoms with Gasteiger partial charge in [0.15, 0.2) is 0 Å². The molecule has 1 aromatic rings. The summed E-state index contributed by atoms with van der Waals surface area (Å²) in [7, 11) is 0. The van der Waals surface area contributed by atoms with Gasteiger partial charge in [-0.05, 0) is 40.9 Å². The molecule has 98 valence electrons. The fourth-order valence-corrected chi connectivity index (χ4v) is 1.74. The monoisotopic (exact) mass is 316 g/mol. The number of carbonyl (C=O) groups is 1. The Labute approximate surface area is 112 Å². The zero-order valence-electron chi connectivity index (χ0n) is 9.56. The minimum atomic E-state index is -0.522. The van der Waals surface area contributed by atoms with Gasteiger partial charge in [0, 0.05) is 24.8 Å². The molecular weight excluding hydrogens is 304 g/mol. The van der Waals surface area contributed by atoms with Crippen LogP contribution < -0.4 is 5.32 Å². The highest BCUT2D eigenvalue weighted by Gasteiger charge is 2.13. The first-order chi connectivity index (χ1) is 8.54. The standard InChI is InChI=1S/C11H13BrN2O4/c12-9-5-4-8(7-10(9)14(17)18)13-11(16)3-1-2-6-15/h4-5,7,15H,1-3,6H2,(H,13,16). The average Bonchev–Trinajstić information content (AvgIpc) is 2.31. The van der Waals surface area contributed by atoms with Crippen molar-refractivity contribution in [3.05, 3.63) is 32.8 Å². The van der Waals surface area contributed by atoms with E-state index in [1.165, 1.54) is 12.1 Å². The van der Waals surface area contributed by atoms with E-state index in [0.717, 1.165) is 0 Å². The summed E-state index contributed by atoms with van der Waals surface area (Å²) in [5.41, 5.74) is 0.294. The topological polar surface area (TPSA) is 92.5 Å². The van der Waals surface area contributed by atoms with Gasteiger partial charge in [-0.3, -0.25) is 14.9 Å². The van der Waals surface area contributed by atoms with Gasteiger partial charge >= 0.3 is 0 Å². The quantitative estimate of drug-likeness (QED) is 0.479. The Kier molecular flexibility index (Phi) is 5.73. The molecule has 0 atom stereocenters. The van der Waals surface area contributed by atoms with Gasteiger partial charge in [-0.1, -0.05) is 0 Å². The molecule has 18 heavy (non-hydrogen) atoms. The van der Waals surface area contributed by atoms with Crippen LogP contribution in [0.25, 0.3) is 0 Å². The molecule has 2 N–H and O–H groups in total. The summed E-state index contributed by atoms with van der Waals surface area (Å²) in [6.45, 7) is 0.0526. The van der Waals surface area contributed by atoms with Crippen molar-refractivity contribution in [3.8, 4) is 0 Å². The summed E-state index contributed by atoms with van der Waals surface area (Å²) in [6, 6.07) is 4.40. The second-order valence-electron chi connectivity index (χ2n) is 3.65. The van der Waals surface area contributed by atoms with Crippen LogP contribution in [0.3, 0.4) is 0 Å². The van der Waals surface area contributed by atoms with E-state index in [1.54, 1.807) is 6.07 Å². The Balaban J connectivity index is 2.65. The van der Waals surface area contributed by atoms with Gasteiger partial charge in [-0.25, -0.2) is 0 Å². The summed E-state index contributed by atoms with van der Waals surface area (Å²) >= 11 is 3.07. The number of halogens is 1. The lowest BCUT2D eigenvalue weighted by Gasteiger charge is -2.05. The molecular formula is C11H13BrN2O4. The summed E-state index contributed by atoms with van der Waals surface area (Å²) in [5.74, 6) is -0.222. The van der Waals surface area contributed by atoms with Crippen LogP contribution in [0.1, 0.15) is 19.3 Å². The molecule has 0 aliphatic heterocycles. The molecule has 1 aromatic carbocycles. The van der Waals surface area contributed by atoms with Gasteiger partial charge in [0.05, 0.1) is 9.40 Å². The third-order valence-corrected chi connectivity index (χ3v) is 2.91. The fraction of sp³-hybridized carbons (Fsp3) is 0.364. The lowest BCUT2D eigenvalue weighted by Crippen LogP contribution is -2.11. The second-order valence-corrected chi connectivity index (χ2v) is 4.51. The van der Waals surface area contributed by atoms with E-state index >= 15 is 0 Å². The van der Waals surface area contributed by atoms with E-state index in [-0.39, 0.29) is 24.6 Å². The maximum Gasteiger partial charge on any atom is 0.285 e. The number of anilines is 1. The number of aliphatic hydroxyl groups excluding tert-OH is 1. The van der Waals surface area contributed by atoms with Crippen LogP contribution in [-0.4, -0.2) is 22.5 Å². The van der Waals surface area contributed by atoms with Crippen LogP contribution in [0.4, 0.5) is 11.4 Å². The third-order valence-electron chi connectivity index (χ3n) is 2.24. The fourth-order valence-electron chi connectivity index (χ4n) is 1.35. The molecule has 6 nitrogen and oxygen atoms in total. The largest absolute Gasteiger partial charge is 0.396 e. The number of nitrogens with zero attached hydrogens (tertiary/aromatic N) is 1. The summed E-state index contributed by atoms with van der Waals surface area (Å²) in [4.78, 5) is 21.7. The van der Waals surface area contributed by atoms with E-state index in [4.69, 9.17) is 5.11 Å². The van der Waals surface area contributed by atoms with E-state index in [0.29, 0.717) is 23.0 Å². The number of hydrogen-bond donors (Lipinski definition) is 2. The highest BCUT2D eigenvalue weighted by atomic mass is 79.9. The van der Waals surface area contributed by atoms with Gasteiger partial charge in [0.1, 0.15) is 0 Å². The normalized spacial score (nSPS) is 10.1. The number of nitro groups is 1. The number of nitro benzene ring substituents is 1. The zero-order chi connectivity index (χ0) is 13.5. The Morgan fingerprint density at radius 1 is 1.44 bits per heavy atom. The number of hydrogen-bond acceptors (Lipinski definition) is 4. The number of benzene rings is 1. The lowest BCUT2D eigenvalue weighted by molar-refractivity contribution is -0.385. The smallest absolute Gasteiger partial charge is 0.285 e. The highest BCUT2D eigenvalue weighted by molar-refractivity contribution is 9.10. The Bertz CT molecular complexity index is 451. The van der Waals surface area contributed by atoms with E-state index < -0.39 is 4.92 Å². The Hall–Kier alpha value is -1.47. The van der Waals surface area contributed by atoms with Crippen molar-refractivity contribution in [2.45, 2.75) is 19.3 Å². The predicted molar refractivity (Wildman–Crippen MR) is 70.4 cm³/mol. The molecule has 0 aliphatic carbocycles. The van der Waals surface area contributed by atoms with Gasteiger partial charge < -0.3 is 10.4 Å². The number of carbonyl (C=O) groups excluding carboxylic acids is 1. The molecule has 0 saturated heterocycles. The van der Waals surface area contributed by atoms with Crippen molar-refractivity contribution in [1.29, 1.82) is 0 Å². The molecule has 1 rings (SSSR count). The molecule has 0 aliphatic rings. The van der Waals surface area contributed by atoms with Crippen LogP contribution in [0.15, 0.2) is 22.7 Å². The first-order valence-electron chi connectivity index (χ1n) is 5.39. The first-order valence-corrected chi connectivity index (χ1v) is 6.18. The molecule has 0 aromatic heterocycles. The van der Waals surface area contributed by atoms with Crippen LogP contribution in [0.2, 0.25) is 0 Å². The minimum Gasteiger partial charge on any atom is -0.396 e.